The maximum Gasteiger partial charge on any atom is 0.491 e. The van der Waals surface area contributed by atoms with Crippen LogP contribution in [0, 0.1) is 0 Å². The summed E-state index contributed by atoms with van der Waals surface area (Å²) < 4.78 is 94.3. The molecular weight excluding hydrogens is 497 g/mol. The average Bonchev–Trinajstić information content (AvgIpc) is 2.77. The Bertz CT molecular complexity index is 1260. The van der Waals surface area contributed by atoms with Crippen LogP contribution in [-0.2, 0) is 31.2 Å². The van der Waals surface area contributed by atoms with Crippen LogP contribution in [0.4, 0.5) is 13.2 Å². The van der Waals surface area contributed by atoms with Gasteiger partial charge in [0.05, 0.1) is 16.4 Å². The zero-order valence-electron chi connectivity index (χ0n) is 18.0. The Morgan fingerprint density at radius 3 is 2.29 bits per heavy atom. The number of ether oxygens (including phenoxy) is 1. The second-order valence-corrected chi connectivity index (χ2v) is 12.2. The van der Waals surface area contributed by atoms with E-state index in [2.05, 4.69) is 4.74 Å². The SMILES string of the molecule is CS(=O)(=O)N1C[C@@H](c2cccc(OC(=O)C(F)(F)F)c2)C[C@@H](S(=O)(=O)c2ccc(CN)cc2)C1. The maximum atomic E-state index is 13.3. The first-order valence-electron chi connectivity index (χ1n) is 10.1. The summed E-state index contributed by atoms with van der Waals surface area (Å²) in [5, 5.41) is -1.11. The molecule has 2 aromatic rings. The largest absolute Gasteiger partial charge is 0.491 e. The second-order valence-electron chi connectivity index (χ2n) is 7.99. The molecule has 0 unspecified atom stereocenters. The van der Waals surface area contributed by atoms with Crippen molar-refractivity contribution >= 4 is 25.8 Å². The van der Waals surface area contributed by atoms with E-state index < -0.39 is 43.2 Å². The molecule has 186 valence electrons. The lowest BCUT2D eigenvalue weighted by atomic mass is 9.91. The Kier molecular flexibility index (Phi) is 7.41. The number of hydrogen-bond acceptors (Lipinski definition) is 7. The monoisotopic (exact) mass is 520 g/mol. The number of hydrogen-bond donors (Lipinski definition) is 1. The van der Waals surface area contributed by atoms with E-state index in [-0.39, 0.29) is 36.7 Å². The molecule has 0 amide bonds. The van der Waals surface area contributed by atoms with Crippen LogP contribution in [0.2, 0.25) is 0 Å². The Hall–Kier alpha value is -2.48. The number of carbonyl (C=O) groups is 1. The van der Waals surface area contributed by atoms with Gasteiger partial charge in [-0.05, 0) is 47.7 Å². The van der Waals surface area contributed by atoms with Crippen molar-refractivity contribution in [2.24, 2.45) is 5.73 Å². The number of esters is 1. The van der Waals surface area contributed by atoms with Gasteiger partial charge in [0.25, 0.3) is 0 Å². The van der Waals surface area contributed by atoms with E-state index in [1.165, 1.54) is 30.3 Å². The van der Waals surface area contributed by atoms with Crippen LogP contribution in [0.25, 0.3) is 0 Å². The number of rotatable bonds is 6. The first-order chi connectivity index (χ1) is 15.7. The molecule has 1 aliphatic rings. The van der Waals surface area contributed by atoms with E-state index in [1.54, 1.807) is 12.1 Å². The first-order valence-corrected chi connectivity index (χ1v) is 13.5. The van der Waals surface area contributed by atoms with Gasteiger partial charge in [0.15, 0.2) is 9.84 Å². The van der Waals surface area contributed by atoms with Gasteiger partial charge in [0, 0.05) is 19.6 Å². The molecular formula is C21H23F3N2O6S2. The molecule has 0 bridgehead atoms. The molecule has 3 rings (SSSR count). The molecule has 0 aromatic heterocycles. The highest BCUT2D eigenvalue weighted by atomic mass is 32.2. The predicted octanol–water partition coefficient (Wildman–Crippen LogP) is 2.20. The third-order valence-electron chi connectivity index (χ3n) is 5.55. The van der Waals surface area contributed by atoms with Crippen LogP contribution in [0.3, 0.4) is 0 Å². The van der Waals surface area contributed by atoms with Gasteiger partial charge in [0.2, 0.25) is 10.0 Å². The average molecular weight is 521 g/mol. The van der Waals surface area contributed by atoms with Gasteiger partial charge in [-0.25, -0.2) is 25.9 Å². The van der Waals surface area contributed by atoms with Gasteiger partial charge in [-0.15, -0.1) is 0 Å². The molecule has 13 heteroatoms. The summed E-state index contributed by atoms with van der Waals surface area (Å²) in [6.07, 6.45) is -4.22. The van der Waals surface area contributed by atoms with Gasteiger partial charge in [-0.1, -0.05) is 24.3 Å². The molecule has 0 radical (unpaired) electrons. The number of halogens is 3. The summed E-state index contributed by atoms with van der Waals surface area (Å²) in [7, 11) is -7.73. The molecule has 34 heavy (non-hydrogen) atoms. The number of carbonyl (C=O) groups excluding carboxylic acids is 1. The quantitative estimate of drug-likeness (QED) is 0.458. The summed E-state index contributed by atoms with van der Waals surface area (Å²) in [5.41, 5.74) is 6.62. The number of nitrogens with two attached hydrogens (primary N) is 1. The Morgan fingerprint density at radius 2 is 1.74 bits per heavy atom. The molecule has 8 nitrogen and oxygen atoms in total. The van der Waals surface area contributed by atoms with Crippen molar-refractivity contribution in [3.8, 4) is 5.75 Å². The molecule has 2 atom stereocenters. The molecule has 1 aliphatic heterocycles. The molecule has 1 fully saturated rings. The molecule has 2 aromatic carbocycles. The van der Waals surface area contributed by atoms with E-state index >= 15 is 0 Å². The van der Waals surface area contributed by atoms with E-state index in [9.17, 15) is 34.8 Å². The van der Waals surface area contributed by atoms with Gasteiger partial charge in [0.1, 0.15) is 5.75 Å². The van der Waals surface area contributed by atoms with Crippen LogP contribution in [0.15, 0.2) is 53.4 Å². The molecule has 1 saturated heterocycles. The fourth-order valence-corrected chi connectivity index (χ4v) is 6.51. The zero-order valence-corrected chi connectivity index (χ0v) is 19.7. The number of nitrogens with zero attached hydrogens (tertiary/aromatic N) is 1. The van der Waals surface area contributed by atoms with Gasteiger partial charge < -0.3 is 10.5 Å². The summed E-state index contributed by atoms with van der Waals surface area (Å²) >= 11 is 0. The van der Waals surface area contributed by atoms with E-state index in [4.69, 9.17) is 5.73 Å². The van der Waals surface area contributed by atoms with E-state index in [0.717, 1.165) is 22.2 Å². The van der Waals surface area contributed by atoms with Crippen molar-refractivity contribution in [1.82, 2.24) is 4.31 Å². The van der Waals surface area contributed by atoms with Crippen molar-refractivity contribution < 1.29 is 39.5 Å². The smallest absolute Gasteiger partial charge is 0.420 e. The molecule has 2 N–H and O–H groups in total. The highest BCUT2D eigenvalue weighted by Gasteiger charge is 2.42. The second kappa shape index (κ2) is 9.64. The minimum Gasteiger partial charge on any atom is -0.420 e. The van der Waals surface area contributed by atoms with Crippen molar-refractivity contribution in [2.45, 2.75) is 35.2 Å². The third kappa shape index (κ3) is 5.95. The van der Waals surface area contributed by atoms with Crippen LogP contribution >= 0.6 is 0 Å². The number of benzene rings is 2. The number of alkyl halides is 3. The van der Waals surface area contributed by atoms with Crippen molar-refractivity contribution in [2.75, 3.05) is 19.3 Å². The normalized spacial score (nSPS) is 20.1. The zero-order chi connectivity index (χ0) is 25.3. The molecule has 0 saturated carbocycles. The predicted molar refractivity (Wildman–Crippen MR) is 117 cm³/mol. The van der Waals surface area contributed by atoms with Crippen LogP contribution in [0.5, 0.6) is 5.75 Å². The highest BCUT2D eigenvalue weighted by Crippen LogP contribution is 2.35. The fourth-order valence-electron chi connectivity index (χ4n) is 3.76. The fraction of sp³-hybridized carbons (Fsp3) is 0.381. The van der Waals surface area contributed by atoms with E-state index in [1.807, 2.05) is 0 Å². The Balaban J connectivity index is 1.94. The number of sulfone groups is 1. The molecule has 0 spiro atoms. The lowest BCUT2D eigenvalue weighted by Crippen LogP contribution is -2.47. The lowest BCUT2D eigenvalue weighted by molar-refractivity contribution is -0.189. The summed E-state index contributed by atoms with van der Waals surface area (Å²) in [6, 6.07) is 11.1. The molecule has 0 aliphatic carbocycles. The van der Waals surface area contributed by atoms with Gasteiger partial charge in [-0.2, -0.15) is 13.2 Å². The minimum atomic E-state index is -5.19. The van der Waals surface area contributed by atoms with Crippen molar-refractivity contribution in [3.05, 3.63) is 59.7 Å². The van der Waals surface area contributed by atoms with Crippen molar-refractivity contribution in [3.63, 3.8) is 0 Å². The number of piperidine rings is 1. The lowest BCUT2D eigenvalue weighted by Gasteiger charge is -2.36. The third-order valence-corrected chi connectivity index (χ3v) is 8.93. The first kappa shape index (κ1) is 26.1. The van der Waals surface area contributed by atoms with Gasteiger partial charge >= 0.3 is 12.1 Å². The van der Waals surface area contributed by atoms with Gasteiger partial charge in [-0.3, -0.25) is 0 Å². The highest BCUT2D eigenvalue weighted by molar-refractivity contribution is 7.92. The Morgan fingerprint density at radius 1 is 1.09 bits per heavy atom. The Labute approximate surface area is 195 Å². The summed E-state index contributed by atoms with van der Waals surface area (Å²) in [5.74, 6) is -3.45. The topological polar surface area (TPSA) is 124 Å². The number of sulfonamides is 1. The van der Waals surface area contributed by atoms with Crippen LogP contribution in [-0.4, -0.2) is 57.9 Å². The van der Waals surface area contributed by atoms with Crippen molar-refractivity contribution in [1.29, 1.82) is 0 Å². The standard InChI is InChI=1S/C21H23F3N2O6S2/c1-33(28,29)26-12-16(15-3-2-4-17(9-15)32-20(27)21(22,23)24)10-19(13-26)34(30,31)18-7-5-14(11-25)6-8-18/h2-9,16,19H,10-13,25H2,1H3/t16-,19+/m0/s1. The molecule has 1 heterocycles. The summed E-state index contributed by atoms with van der Waals surface area (Å²) in [6.45, 7) is -0.115. The maximum absolute atomic E-state index is 13.3. The van der Waals surface area contributed by atoms with Crippen LogP contribution in [0.1, 0.15) is 23.5 Å². The van der Waals surface area contributed by atoms with Crippen LogP contribution < -0.4 is 10.5 Å². The summed E-state index contributed by atoms with van der Waals surface area (Å²) in [4.78, 5) is 11.2. The minimum absolute atomic E-state index is 0.0108. The van der Waals surface area contributed by atoms with E-state index in [0.29, 0.717) is 5.56 Å².